The molecular formula is C28H27NO4. The maximum Gasteiger partial charge on any atom is 0.139 e. The Morgan fingerprint density at radius 3 is 1.67 bits per heavy atom. The van der Waals surface area contributed by atoms with Crippen LogP contribution in [0.1, 0.15) is 22.3 Å². The van der Waals surface area contributed by atoms with Crippen molar-refractivity contribution in [2.45, 2.75) is 27.7 Å². The predicted octanol–water partition coefficient (Wildman–Crippen LogP) is 7.30. The van der Waals surface area contributed by atoms with Crippen LogP contribution in [0, 0.1) is 27.7 Å². The summed E-state index contributed by atoms with van der Waals surface area (Å²) in [5.74, 6) is 1.63. The van der Waals surface area contributed by atoms with E-state index in [2.05, 4.69) is 0 Å². The third-order valence-electron chi connectivity index (χ3n) is 5.63. The van der Waals surface area contributed by atoms with Gasteiger partial charge in [0.25, 0.3) is 0 Å². The Kier molecular flexibility index (Phi) is 5.88. The number of aromatic hydroxyl groups is 3. The molecule has 33 heavy (non-hydrogen) atoms. The van der Waals surface area contributed by atoms with Gasteiger partial charge in [-0.3, -0.25) is 0 Å². The molecule has 0 saturated carbocycles. The summed E-state index contributed by atoms with van der Waals surface area (Å²) in [7, 11) is 0. The van der Waals surface area contributed by atoms with E-state index in [0.29, 0.717) is 28.4 Å². The van der Waals surface area contributed by atoms with Gasteiger partial charge in [-0.15, -0.1) is 0 Å². The van der Waals surface area contributed by atoms with Gasteiger partial charge in [-0.05, 0) is 99.0 Å². The summed E-state index contributed by atoms with van der Waals surface area (Å²) >= 11 is 0. The number of phenolic OH excluding ortho intramolecular Hbond substituents is 3. The van der Waals surface area contributed by atoms with Crippen molar-refractivity contribution in [2.75, 3.05) is 4.90 Å². The highest BCUT2D eigenvalue weighted by Gasteiger charge is 2.19. The van der Waals surface area contributed by atoms with Crippen LogP contribution in [0.15, 0.2) is 72.8 Å². The van der Waals surface area contributed by atoms with Gasteiger partial charge in [0.1, 0.15) is 28.7 Å². The van der Waals surface area contributed by atoms with Gasteiger partial charge < -0.3 is 25.0 Å². The molecule has 0 unspecified atom stereocenters. The number of benzene rings is 4. The molecule has 4 rings (SSSR count). The molecule has 0 fully saturated rings. The summed E-state index contributed by atoms with van der Waals surface area (Å²) in [5, 5.41) is 31.4. The Labute approximate surface area is 193 Å². The Bertz CT molecular complexity index is 1260. The molecule has 0 bridgehead atoms. The summed E-state index contributed by atoms with van der Waals surface area (Å²) in [4.78, 5) is 1.80. The van der Waals surface area contributed by atoms with Crippen molar-refractivity contribution < 1.29 is 20.1 Å². The molecule has 0 saturated heterocycles. The highest BCUT2D eigenvalue weighted by atomic mass is 16.5. The number of ether oxygens (including phenoxy) is 1. The number of hydrogen-bond acceptors (Lipinski definition) is 5. The van der Waals surface area contributed by atoms with Crippen LogP contribution in [0.5, 0.6) is 28.7 Å². The van der Waals surface area contributed by atoms with Gasteiger partial charge >= 0.3 is 0 Å². The lowest BCUT2D eigenvalue weighted by Gasteiger charge is -2.27. The Morgan fingerprint density at radius 1 is 0.606 bits per heavy atom. The molecule has 0 aliphatic rings. The molecule has 4 aromatic rings. The van der Waals surface area contributed by atoms with E-state index in [0.717, 1.165) is 22.4 Å². The fourth-order valence-corrected chi connectivity index (χ4v) is 3.81. The van der Waals surface area contributed by atoms with Crippen LogP contribution in [-0.2, 0) is 0 Å². The molecule has 0 spiro atoms. The first-order valence-electron chi connectivity index (χ1n) is 10.7. The zero-order valence-electron chi connectivity index (χ0n) is 19.1. The predicted molar refractivity (Wildman–Crippen MR) is 132 cm³/mol. The fourth-order valence-electron chi connectivity index (χ4n) is 3.81. The minimum atomic E-state index is 0.112. The highest BCUT2D eigenvalue weighted by Crippen LogP contribution is 2.44. The normalized spacial score (nSPS) is 10.8. The first-order chi connectivity index (χ1) is 15.7. The van der Waals surface area contributed by atoms with Gasteiger partial charge in [0, 0.05) is 11.3 Å². The minimum absolute atomic E-state index is 0.112. The maximum atomic E-state index is 10.7. The fraction of sp³-hybridized carbons (Fsp3) is 0.143. The summed E-state index contributed by atoms with van der Waals surface area (Å²) in [6.45, 7) is 7.57. The number of phenols is 3. The molecular weight excluding hydrogens is 414 g/mol. The SMILES string of the molecule is Cc1ccc(N(c2ccc(Oc3c(C)ccc(O)c3C)cc2)c2ccc(C)cc2O)c(O)c1. The number of anilines is 3. The van der Waals surface area contributed by atoms with Gasteiger partial charge in [-0.1, -0.05) is 18.2 Å². The second-order valence-electron chi connectivity index (χ2n) is 8.27. The molecule has 0 radical (unpaired) electrons. The van der Waals surface area contributed by atoms with E-state index >= 15 is 0 Å². The summed E-state index contributed by atoms with van der Waals surface area (Å²) in [5.41, 5.74) is 5.31. The molecule has 0 amide bonds. The van der Waals surface area contributed by atoms with Gasteiger partial charge in [0.15, 0.2) is 0 Å². The molecule has 0 heterocycles. The second-order valence-corrected chi connectivity index (χ2v) is 8.27. The highest BCUT2D eigenvalue weighted by molar-refractivity contribution is 5.83. The molecule has 0 aliphatic carbocycles. The first kappa shape index (κ1) is 22.1. The lowest BCUT2D eigenvalue weighted by Crippen LogP contribution is -2.10. The van der Waals surface area contributed by atoms with Crippen LogP contribution in [-0.4, -0.2) is 15.3 Å². The van der Waals surface area contributed by atoms with Crippen LogP contribution in [0.3, 0.4) is 0 Å². The summed E-state index contributed by atoms with van der Waals surface area (Å²) in [6, 6.07) is 21.7. The van der Waals surface area contributed by atoms with E-state index in [1.54, 1.807) is 23.1 Å². The lowest BCUT2D eigenvalue weighted by atomic mass is 10.1. The molecule has 5 heteroatoms. The zero-order chi connectivity index (χ0) is 23.7. The topological polar surface area (TPSA) is 73.2 Å². The van der Waals surface area contributed by atoms with Crippen LogP contribution in [0.2, 0.25) is 0 Å². The van der Waals surface area contributed by atoms with Crippen molar-refractivity contribution in [2.24, 2.45) is 0 Å². The van der Waals surface area contributed by atoms with Gasteiger partial charge in [0.05, 0.1) is 11.4 Å². The van der Waals surface area contributed by atoms with Crippen molar-refractivity contribution in [1.82, 2.24) is 0 Å². The zero-order valence-corrected chi connectivity index (χ0v) is 19.1. The largest absolute Gasteiger partial charge is 0.508 e. The summed E-state index contributed by atoms with van der Waals surface area (Å²) < 4.78 is 6.07. The smallest absolute Gasteiger partial charge is 0.139 e. The third-order valence-corrected chi connectivity index (χ3v) is 5.63. The Morgan fingerprint density at radius 2 is 1.15 bits per heavy atom. The Hall–Kier alpha value is -4.12. The van der Waals surface area contributed by atoms with Crippen LogP contribution < -0.4 is 9.64 Å². The van der Waals surface area contributed by atoms with E-state index in [9.17, 15) is 15.3 Å². The molecule has 168 valence electrons. The number of aryl methyl sites for hydroxylation is 3. The van der Waals surface area contributed by atoms with Gasteiger partial charge in [-0.25, -0.2) is 0 Å². The molecule has 0 aromatic heterocycles. The molecule has 4 aromatic carbocycles. The minimum Gasteiger partial charge on any atom is -0.508 e. The van der Waals surface area contributed by atoms with Crippen molar-refractivity contribution in [3.05, 3.63) is 95.1 Å². The lowest BCUT2D eigenvalue weighted by molar-refractivity contribution is 0.446. The van der Waals surface area contributed by atoms with E-state index in [1.807, 2.05) is 82.3 Å². The van der Waals surface area contributed by atoms with Gasteiger partial charge in [-0.2, -0.15) is 0 Å². The number of rotatable bonds is 5. The van der Waals surface area contributed by atoms with E-state index in [1.165, 1.54) is 0 Å². The molecule has 3 N–H and O–H groups in total. The van der Waals surface area contributed by atoms with Crippen molar-refractivity contribution in [3.63, 3.8) is 0 Å². The molecule has 0 atom stereocenters. The monoisotopic (exact) mass is 441 g/mol. The number of hydrogen-bond donors (Lipinski definition) is 3. The van der Waals surface area contributed by atoms with Crippen LogP contribution in [0.25, 0.3) is 0 Å². The Balaban J connectivity index is 1.76. The average molecular weight is 442 g/mol. The van der Waals surface area contributed by atoms with Crippen LogP contribution in [0.4, 0.5) is 17.1 Å². The second kappa shape index (κ2) is 8.79. The summed E-state index contributed by atoms with van der Waals surface area (Å²) in [6.07, 6.45) is 0. The van der Waals surface area contributed by atoms with Crippen molar-refractivity contribution in [3.8, 4) is 28.7 Å². The quantitative estimate of drug-likeness (QED) is 0.303. The average Bonchev–Trinajstić information content (AvgIpc) is 2.78. The van der Waals surface area contributed by atoms with Gasteiger partial charge in [0.2, 0.25) is 0 Å². The van der Waals surface area contributed by atoms with Crippen molar-refractivity contribution >= 4 is 17.1 Å². The van der Waals surface area contributed by atoms with E-state index < -0.39 is 0 Å². The third kappa shape index (κ3) is 4.44. The van der Waals surface area contributed by atoms with E-state index in [-0.39, 0.29) is 17.2 Å². The van der Waals surface area contributed by atoms with Crippen LogP contribution >= 0.6 is 0 Å². The first-order valence-corrected chi connectivity index (χ1v) is 10.7. The van der Waals surface area contributed by atoms with Crippen molar-refractivity contribution in [1.29, 1.82) is 0 Å². The van der Waals surface area contributed by atoms with E-state index in [4.69, 9.17) is 4.74 Å². The molecule has 5 nitrogen and oxygen atoms in total. The number of nitrogens with zero attached hydrogens (tertiary/aromatic N) is 1. The maximum absolute atomic E-state index is 10.7. The standard InChI is InChI=1S/C28H27NO4/c1-17-5-12-23(26(31)15-17)29(24-13-6-18(2)16-27(24)32)21-8-10-22(11-9-21)33-28-19(3)7-14-25(30)20(28)4/h5-16,30-32H,1-4H3. The molecule has 0 aliphatic heterocycles.